The van der Waals surface area contributed by atoms with Crippen LogP contribution < -0.4 is 4.74 Å². The van der Waals surface area contributed by atoms with Crippen LogP contribution in [0.1, 0.15) is 29.3 Å². The Morgan fingerprint density at radius 1 is 1.42 bits per heavy atom. The Bertz CT molecular complexity index is 509. The van der Waals surface area contributed by atoms with E-state index in [2.05, 4.69) is 4.74 Å². The molecule has 0 aliphatic rings. The fourth-order valence-corrected chi connectivity index (χ4v) is 1.41. The Hall–Kier alpha value is -2.24. The topological polar surface area (TPSA) is 63.6 Å². The zero-order chi connectivity index (χ0) is 14.4. The van der Waals surface area contributed by atoms with Gasteiger partial charge in [-0.3, -0.25) is 4.79 Å². The molecule has 6 heteroatoms. The molecular formula is C13H12F2O4. The molecule has 0 unspecified atom stereocenters. The first-order valence-corrected chi connectivity index (χ1v) is 5.47. The van der Waals surface area contributed by atoms with Crippen molar-refractivity contribution in [1.82, 2.24) is 0 Å². The Morgan fingerprint density at radius 2 is 2.11 bits per heavy atom. The summed E-state index contributed by atoms with van der Waals surface area (Å²) in [5, 5.41) is 8.50. The maximum Gasteiger partial charge on any atom is 0.387 e. The molecule has 1 rings (SSSR count). The Balaban J connectivity index is 3.16. The molecule has 19 heavy (non-hydrogen) atoms. The van der Waals surface area contributed by atoms with E-state index in [1.165, 1.54) is 18.2 Å². The summed E-state index contributed by atoms with van der Waals surface area (Å²) < 4.78 is 28.8. The van der Waals surface area contributed by atoms with Gasteiger partial charge in [0.05, 0.1) is 0 Å². The number of carbonyl (C=O) groups is 2. The van der Waals surface area contributed by atoms with E-state index in [4.69, 9.17) is 5.11 Å². The van der Waals surface area contributed by atoms with E-state index in [1.807, 2.05) is 0 Å². The lowest BCUT2D eigenvalue weighted by atomic mass is 10.1. The maximum absolute atomic E-state index is 12.3. The standard InChI is InChI=1S/C13H12F2O4/c1-2-10(16)9-4-3-8(5-6-12(17)18)11(7-9)19-13(14)15/h3-7,13H,2H2,1H3,(H,17,18)/b6-5+. The molecule has 0 aliphatic carbocycles. The van der Waals surface area contributed by atoms with Gasteiger partial charge in [-0.2, -0.15) is 8.78 Å². The number of hydrogen-bond donors (Lipinski definition) is 1. The van der Waals surface area contributed by atoms with E-state index in [9.17, 15) is 18.4 Å². The molecule has 0 fully saturated rings. The van der Waals surface area contributed by atoms with Crippen molar-refractivity contribution >= 4 is 17.8 Å². The zero-order valence-corrected chi connectivity index (χ0v) is 10.1. The van der Waals surface area contributed by atoms with E-state index in [0.29, 0.717) is 0 Å². The van der Waals surface area contributed by atoms with Gasteiger partial charge < -0.3 is 9.84 Å². The minimum absolute atomic E-state index is 0.162. The van der Waals surface area contributed by atoms with Gasteiger partial charge in [-0.1, -0.05) is 19.1 Å². The average molecular weight is 270 g/mol. The van der Waals surface area contributed by atoms with Crippen LogP contribution in [-0.4, -0.2) is 23.5 Å². The van der Waals surface area contributed by atoms with E-state index in [-0.39, 0.29) is 29.1 Å². The van der Waals surface area contributed by atoms with Crippen molar-refractivity contribution in [3.8, 4) is 5.75 Å². The monoisotopic (exact) mass is 270 g/mol. The van der Waals surface area contributed by atoms with E-state index in [0.717, 1.165) is 12.2 Å². The Kier molecular flexibility index (Phi) is 5.17. The quantitative estimate of drug-likeness (QED) is 0.637. The molecule has 0 heterocycles. The number of alkyl halides is 2. The van der Waals surface area contributed by atoms with Gasteiger partial charge in [-0.05, 0) is 12.1 Å². The summed E-state index contributed by atoms with van der Waals surface area (Å²) in [6, 6.07) is 3.98. The van der Waals surface area contributed by atoms with Gasteiger partial charge in [-0.15, -0.1) is 0 Å². The maximum atomic E-state index is 12.3. The van der Waals surface area contributed by atoms with Crippen molar-refractivity contribution < 1.29 is 28.2 Å². The summed E-state index contributed by atoms with van der Waals surface area (Å²) in [7, 11) is 0. The van der Waals surface area contributed by atoms with Gasteiger partial charge in [0.15, 0.2) is 5.78 Å². The summed E-state index contributed by atoms with van der Waals surface area (Å²) in [5.74, 6) is -1.66. The highest BCUT2D eigenvalue weighted by Crippen LogP contribution is 2.24. The number of halogens is 2. The molecule has 0 aromatic heterocycles. The van der Waals surface area contributed by atoms with Gasteiger partial charge in [-0.25, -0.2) is 4.79 Å². The molecule has 0 aliphatic heterocycles. The molecule has 0 saturated carbocycles. The van der Waals surface area contributed by atoms with E-state index in [1.54, 1.807) is 6.92 Å². The lowest BCUT2D eigenvalue weighted by Crippen LogP contribution is -2.05. The molecule has 0 bridgehead atoms. The summed E-state index contributed by atoms with van der Waals surface area (Å²) in [4.78, 5) is 21.9. The average Bonchev–Trinajstić information content (AvgIpc) is 2.35. The molecule has 0 spiro atoms. The van der Waals surface area contributed by atoms with Crippen LogP contribution in [0.5, 0.6) is 5.75 Å². The predicted molar refractivity (Wildman–Crippen MR) is 64.4 cm³/mol. The summed E-state index contributed by atoms with van der Waals surface area (Å²) in [5.41, 5.74) is 0.404. The van der Waals surface area contributed by atoms with Crippen molar-refractivity contribution in [2.24, 2.45) is 0 Å². The highest BCUT2D eigenvalue weighted by Gasteiger charge is 2.12. The van der Waals surface area contributed by atoms with Crippen LogP contribution >= 0.6 is 0 Å². The van der Waals surface area contributed by atoms with Gasteiger partial charge in [0.2, 0.25) is 0 Å². The molecule has 0 atom stereocenters. The predicted octanol–water partition coefficient (Wildman–Crippen LogP) is 2.98. The smallest absolute Gasteiger partial charge is 0.387 e. The van der Waals surface area contributed by atoms with Crippen LogP contribution in [0.2, 0.25) is 0 Å². The Morgan fingerprint density at radius 3 is 2.63 bits per heavy atom. The van der Waals surface area contributed by atoms with Crippen molar-refractivity contribution in [3.63, 3.8) is 0 Å². The third-order valence-electron chi connectivity index (χ3n) is 2.28. The molecule has 0 saturated heterocycles. The Labute approximate surface area is 108 Å². The number of carboxylic acid groups (broad SMARTS) is 1. The number of aliphatic carboxylic acids is 1. The van der Waals surface area contributed by atoms with Crippen molar-refractivity contribution in [2.75, 3.05) is 0 Å². The normalized spacial score (nSPS) is 10.9. The van der Waals surface area contributed by atoms with Gasteiger partial charge in [0.1, 0.15) is 5.75 Å². The minimum Gasteiger partial charge on any atom is -0.478 e. The van der Waals surface area contributed by atoms with Gasteiger partial charge in [0, 0.05) is 23.6 Å². The molecule has 102 valence electrons. The molecule has 1 N–H and O–H groups in total. The first-order valence-electron chi connectivity index (χ1n) is 5.47. The number of hydrogen-bond acceptors (Lipinski definition) is 3. The number of carbonyl (C=O) groups excluding carboxylic acids is 1. The fraction of sp³-hybridized carbons (Fsp3) is 0.231. The minimum atomic E-state index is -3.05. The van der Waals surface area contributed by atoms with Gasteiger partial charge >= 0.3 is 12.6 Å². The van der Waals surface area contributed by atoms with Crippen molar-refractivity contribution in [2.45, 2.75) is 20.0 Å². The van der Waals surface area contributed by atoms with Crippen LogP contribution in [0, 0.1) is 0 Å². The first-order chi connectivity index (χ1) is 8.93. The van der Waals surface area contributed by atoms with Crippen LogP contribution in [0.25, 0.3) is 6.08 Å². The lowest BCUT2D eigenvalue weighted by molar-refractivity contribution is -0.131. The van der Waals surface area contributed by atoms with Crippen LogP contribution in [-0.2, 0) is 4.79 Å². The third-order valence-corrected chi connectivity index (χ3v) is 2.28. The second-order valence-electron chi connectivity index (χ2n) is 3.58. The summed E-state index contributed by atoms with van der Waals surface area (Å²) >= 11 is 0. The van der Waals surface area contributed by atoms with E-state index < -0.39 is 12.6 Å². The number of Topliss-reactive ketones (excluding diaryl/α,β-unsaturated/α-hetero) is 1. The van der Waals surface area contributed by atoms with E-state index >= 15 is 0 Å². The number of carboxylic acids is 1. The molecule has 1 aromatic carbocycles. The molecule has 4 nitrogen and oxygen atoms in total. The van der Waals surface area contributed by atoms with Crippen LogP contribution in [0.15, 0.2) is 24.3 Å². The number of ketones is 1. The number of rotatable bonds is 6. The third kappa shape index (κ3) is 4.50. The van der Waals surface area contributed by atoms with Gasteiger partial charge in [0.25, 0.3) is 0 Å². The number of ether oxygens (including phenoxy) is 1. The summed E-state index contributed by atoms with van der Waals surface area (Å²) in [6.45, 7) is -1.40. The molecule has 0 amide bonds. The molecule has 1 aromatic rings. The second-order valence-corrected chi connectivity index (χ2v) is 3.58. The first kappa shape index (κ1) is 14.8. The highest BCUT2D eigenvalue weighted by atomic mass is 19.3. The summed E-state index contributed by atoms with van der Waals surface area (Å²) in [6.07, 6.45) is 2.16. The van der Waals surface area contributed by atoms with Crippen LogP contribution in [0.3, 0.4) is 0 Å². The van der Waals surface area contributed by atoms with Crippen molar-refractivity contribution in [3.05, 3.63) is 35.4 Å². The molecular weight excluding hydrogens is 258 g/mol. The largest absolute Gasteiger partial charge is 0.478 e. The van der Waals surface area contributed by atoms with Crippen LogP contribution in [0.4, 0.5) is 8.78 Å². The van der Waals surface area contributed by atoms with Crippen molar-refractivity contribution in [1.29, 1.82) is 0 Å². The number of benzene rings is 1. The second kappa shape index (κ2) is 6.63. The fourth-order valence-electron chi connectivity index (χ4n) is 1.41. The SMILES string of the molecule is CCC(=O)c1ccc(/C=C/C(=O)O)c(OC(F)F)c1. The molecule has 0 radical (unpaired) electrons. The highest BCUT2D eigenvalue weighted by molar-refractivity contribution is 5.96. The zero-order valence-electron chi connectivity index (χ0n) is 10.1. The lowest BCUT2D eigenvalue weighted by Gasteiger charge is -2.09.